The van der Waals surface area contributed by atoms with Gasteiger partial charge in [0.2, 0.25) is 0 Å². The summed E-state index contributed by atoms with van der Waals surface area (Å²) in [5.74, 6) is 0.287. The van der Waals surface area contributed by atoms with Gasteiger partial charge in [-0.1, -0.05) is 0 Å². The quantitative estimate of drug-likeness (QED) is 0.857. The second-order valence-electron chi connectivity index (χ2n) is 3.69. The second-order valence-corrected chi connectivity index (χ2v) is 3.69. The lowest BCUT2D eigenvalue weighted by atomic mass is 10.2. The fourth-order valence-corrected chi connectivity index (χ4v) is 1.49. The molecule has 0 fully saturated rings. The van der Waals surface area contributed by atoms with Crippen LogP contribution < -0.4 is 5.32 Å². The molecule has 1 heterocycles. The van der Waals surface area contributed by atoms with Gasteiger partial charge in [0.25, 0.3) is 0 Å². The minimum absolute atomic E-state index is 0.291. The van der Waals surface area contributed by atoms with Gasteiger partial charge in [0, 0.05) is 11.9 Å². The van der Waals surface area contributed by atoms with Gasteiger partial charge in [0.1, 0.15) is 17.7 Å². The number of nitriles is 1. The maximum atomic E-state index is 13.1. The minimum atomic E-state index is -0.291. The number of rotatable bonds is 2. The van der Waals surface area contributed by atoms with Crippen molar-refractivity contribution >= 4 is 11.5 Å². The standard InChI is InChI=1S/C13H10FN3/c1-9-4-11(14)6-12(5-9)17-13-3-2-10(7-15)8-16-13/h2-6,8H,1H3,(H,16,17). The van der Waals surface area contributed by atoms with E-state index in [1.54, 1.807) is 12.1 Å². The highest BCUT2D eigenvalue weighted by atomic mass is 19.1. The van der Waals surface area contributed by atoms with Crippen LogP contribution in [0.1, 0.15) is 11.1 Å². The van der Waals surface area contributed by atoms with Gasteiger partial charge in [-0.05, 0) is 42.8 Å². The van der Waals surface area contributed by atoms with E-state index in [1.807, 2.05) is 19.1 Å². The lowest BCUT2D eigenvalue weighted by Crippen LogP contribution is -1.94. The molecule has 2 aromatic rings. The lowest BCUT2D eigenvalue weighted by Gasteiger charge is -2.06. The molecule has 1 aromatic heterocycles. The SMILES string of the molecule is Cc1cc(F)cc(Nc2ccc(C#N)cn2)c1. The summed E-state index contributed by atoms with van der Waals surface area (Å²) in [6.45, 7) is 1.82. The fourth-order valence-electron chi connectivity index (χ4n) is 1.49. The molecule has 3 nitrogen and oxygen atoms in total. The Balaban J connectivity index is 2.22. The number of hydrogen-bond acceptors (Lipinski definition) is 3. The number of hydrogen-bond donors (Lipinski definition) is 1. The highest BCUT2D eigenvalue weighted by Gasteiger charge is 2.00. The average Bonchev–Trinajstić information content (AvgIpc) is 2.28. The molecule has 0 aliphatic heterocycles. The molecular formula is C13H10FN3. The van der Waals surface area contributed by atoms with Gasteiger partial charge in [0.15, 0.2) is 0 Å². The van der Waals surface area contributed by atoms with Crippen molar-refractivity contribution in [2.75, 3.05) is 5.32 Å². The molecule has 84 valence electrons. The zero-order chi connectivity index (χ0) is 12.3. The van der Waals surface area contributed by atoms with Gasteiger partial charge >= 0.3 is 0 Å². The van der Waals surface area contributed by atoms with Crippen molar-refractivity contribution in [3.63, 3.8) is 0 Å². The second kappa shape index (κ2) is 4.62. The summed E-state index contributed by atoms with van der Waals surface area (Å²) in [6.07, 6.45) is 1.47. The lowest BCUT2D eigenvalue weighted by molar-refractivity contribution is 0.627. The van der Waals surface area contributed by atoms with Gasteiger partial charge in [-0.15, -0.1) is 0 Å². The molecule has 0 bridgehead atoms. The molecule has 0 unspecified atom stereocenters. The monoisotopic (exact) mass is 227 g/mol. The summed E-state index contributed by atoms with van der Waals surface area (Å²) >= 11 is 0. The third-order valence-corrected chi connectivity index (χ3v) is 2.21. The number of aromatic nitrogens is 1. The summed E-state index contributed by atoms with van der Waals surface area (Å²) in [4.78, 5) is 4.05. The minimum Gasteiger partial charge on any atom is -0.340 e. The highest BCUT2D eigenvalue weighted by molar-refractivity contribution is 5.57. The number of halogens is 1. The summed E-state index contributed by atoms with van der Waals surface area (Å²) in [7, 11) is 0. The van der Waals surface area contributed by atoms with Crippen molar-refractivity contribution in [2.24, 2.45) is 0 Å². The first kappa shape index (κ1) is 11.1. The first-order valence-electron chi connectivity index (χ1n) is 5.08. The number of aryl methyl sites for hydroxylation is 1. The van der Waals surface area contributed by atoms with Crippen LogP contribution >= 0.6 is 0 Å². The van der Waals surface area contributed by atoms with Crippen molar-refractivity contribution in [3.8, 4) is 6.07 Å². The predicted molar refractivity (Wildman–Crippen MR) is 63.4 cm³/mol. The topological polar surface area (TPSA) is 48.7 Å². The van der Waals surface area contributed by atoms with E-state index in [-0.39, 0.29) is 5.82 Å². The number of nitrogens with zero attached hydrogens (tertiary/aromatic N) is 2. The first-order valence-corrected chi connectivity index (χ1v) is 5.08. The zero-order valence-electron chi connectivity index (χ0n) is 9.24. The van der Waals surface area contributed by atoms with Crippen molar-refractivity contribution in [2.45, 2.75) is 6.92 Å². The number of anilines is 2. The smallest absolute Gasteiger partial charge is 0.130 e. The Morgan fingerprint density at radius 1 is 1.29 bits per heavy atom. The van der Waals surface area contributed by atoms with Crippen LogP contribution in [0, 0.1) is 24.1 Å². The van der Waals surface area contributed by atoms with Gasteiger partial charge < -0.3 is 5.32 Å². The van der Waals surface area contributed by atoms with Crippen LogP contribution in [-0.4, -0.2) is 4.98 Å². The predicted octanol–water partition coefficient (Wildman–Crippen LogP) is 3.14. The van der Waals surface area contributed by atoms with Gasteiger partial charge in [-0.2, -0.15) is 5.26 Å². The summed E-state index contributed by atoms with van der Waals surface area (Å²) in [5.41, 5.74) is 1.96. The summed E-state index contributed by atoms with van der Waals surface area (Å²) in [6, 6.07) is 9.99. The highest BCUT2D eigenvalue weighted by Crippen LogP contribution is 2.17. The maximum absolute atomic E-state index is 13.1. The van der Waals surface area contributed by atoms with E-state index in [4.69, 9.17) is 5.26 Å². The maximum Gasteiger partial charge on any atom is 0.130 e. The molecule has 0 saturated heterocycles. The van der Waals surface area contributed by atoms with Gasteiger partial charge in [-0.3, -0.25) is 0 Å². The molecular weight excluding hydrogens is 217 g/mol. The van der Waals surface area contributed by atoms with E-state index < -0.39 is 0 Å². The first-order chi connectivity index (χ1) is 8.17. The zero-order valence-corrected chi connectivity index (χ0v) is 9.24. The Morgan fingerprint density at radius 3 is 2.71 bits per heavy atom. The van der Waals surface area contributed by atoms with Crippen molar-refractivity contribution in [1.29, 1.82) is 5.26 Å². The normalized spacial score (nSPS) is 9.71. The Bertz CT molecular complexity index is 550. The van der Waals surface area contributed by atoms with Crippen LogP contribution in [-0.2, 0) is 0 Å². The molecule has 1 aromatic carbocycles. The van der Waals surface area contributed by atoms with Crippen LogP contribution in [0.3, 0.4) is 0 Å². The summed E-state index contributed by atoms with van der Waals surface area (Å²) < 4.78 is 13.1. The summed E-state index contributed by atoms with van der Waals surface area (Å²) in [5, 5.41) is 11.6. The van der Waals surface area contributed by atoms with E-state index in [2.05, 4.69) is 10.3 Å². The van der Waals surface area contributed by atoms with E-state index >= 15 is 0 Å². The van der Waals surface area contributed by atoms with Crippen molar-refractivity contribution in [3.05, 3.63) is 53.5 Å². The third kappa shape index (κ3) is 2.79. The molecule has 0 amide bonds. The molecule has 0 spiro atoms. The Morgan fingerprint density at radius 2 is 2.12 bits per heavy atom. The number of pyridine rings is 1. The van der Waals surface area contributed by atoms with Crippen LogP contribution in [0.5, 0.6) is 0 Å². The van der Waals surface area contributed by atoms with Crippen LogP contribution in [0.4, 0.5) is 15.9 Å². The van der Waals surface area contributed by atoms with E-state index in [1.165, 1.54) is 18.3 Å². The largest absolute Gasteiger partial charge is 0.340 e. The fraction of sp³-hybridized carbons (Fsp3) is 0.0769. The molecule has 0 saturated carbocycles. The van der Waals surface area contributed by atoms with Gasteiger partial charge in [0.05, 0.1) is 5.56 Å². The Kier molecular flexibility index (Phi) is 3.01. The Labute approximate surface area is 98.5 Å². The van der Waals surface area contributed by atoms with E-state index in [0.717, 1.165) is 5.56 Å². The molecule has 2 rings (SSSR count). The molecule has 17 heavy (non-hydrogen) atoms. The third-order valence-electron chi connectivity index (χ3n) is 2.21. The molecule has 1 N–H and O–H groups in total. The van der Waals surface area contributed by atoms with Gasteiger partial charge in [-0.25, -0.2) is 9.37 Å². The van der Waals surface area contributed by atoms with E-state index in [0.29, 0.717) is 17.1 Å². The van der Waals surface area contributed by atoms with Crippen molar-refractivity contribution in [1.82, 2.24) is 4.98 Å². The Hall–Kier alpha value is -2.41. The number of benzene rings is 1. The van der Waals surface area contributed by atoms with E-state index in [9.17, 15) is 4.39 Å². The molecule has 0 radical (unpaired) electrons. The molecule has 0 aliphatic rings. The molecule has 0 atom stereocenters. The average molecular weight is 227 g/mol. The van der Waals surface area contributed by atoms with Crippen LogP contribution in [0.25, 0.3) is 0 Å². The van der Waals surface area contributed by atoms with Crippen molar-refractivity contribution < 1.29 is 4.39 Å². The molecule has 4 heteroatoms. The molecule has 0 aliphatic carbocycles. The van der Waals surface area contributed by atoms with Crippen LogP contribution in [0.2, 0.25) is 0 Å². The van der Waals surface area contributed by atoms with Crippen LogP contribution in [0.15, 0.2) is 36.5 Å². The number of nitrogens with one attached hydrogen (secondary N) is 1.